The van der Waals surface area contributed by atoms with Crippen molar-refractivity contribution in [1.29, 1.82) is 0 Å². The number of aliphatic hydroxyl groups excluding tert-OH is 1. The van der Waals surface area contributed by atoms with Crippen molar-refractivity contribution >= 4 is 7.05 Å². The summed E-state index contributed by atoms with van der Waals surface area (Å²) in [6, 6.07) is 0. The Hall–Kier alpha value is -0.0551. The third kappa shape index (κ3) is 2.22. The van der Waals surface area contributed by atoms with Crippen molar-refractivity contribution in [2.75, 3.05) is 19.7 Å². The number of rotatable bonds is 2. The minimum atomic E-state index is -0.379. The van der Waals surface area contributed by atoms with Gasteiger partial charge in [0.15, 0.2) is 0 Å². The summed E-state index contributed by atoms with van der Waals surface area (Å²) in [6.07, 6.45) is 2.13. The molecule has 0 aromatic heterocycles. The molecular weight excluding hydrogens is 153 g/mol. The van der Waals surface area contributed by atoms with E-state index in [0.29, 0.717) is 0 Å². The van der Waals surface area contributed by atoms with E-state index in [-0.39, 0.29) is 19.1 Å². The van der Waals surface area contributed by atoms with E-state index in [0.717, 1.165) is 25.9 Å². The summed E-state index contributed by atoms with van der Waals surface area (Å²) in [6.45, 7) is 5.83. The minimum Gasteiger partial charge on any atom is -0.437 e. The SMILES string of the molecule is CB(O)N1CCCC(C)(CO)C1. The highest BCUT2D eigenvalue weighted by atomic mass is 16.3. The lowest BCUT2D eigenvalue weighted by molar-refractivity contribution is 0.0742. The fourth-order valence-corrected chi connectivity index (χ4v) is 1.81. The summed E-state index contributed by atoms with van der Waals surface area (Å²) in [5.74, 6) is 0. The van der Waals surface area contributed by atoms with E-state index in [1.807, 2.05) is 4.81 Å². The Morgan fingerprint density at radius 2 is 2.25 bits per heavy atom. The van der Waals surface area contributed by atoms with Gasteiger partial charge in [-0.25, -0.2) is 0 Å². The predicted octanol–water partition coefficient (Wildman–Crippen LogP) is 0.191. The molecule has 0 amide bonds. The molecule has 3 nitrogen and oxygen atoms in total. The molecule has 0 aliphatic carbocycles. The highest BCUT2D eigenvalue weighted by molar-refractivity contribution is 6.45. The maximum absolute atomic E-state index is 9.35. The molecule has 2 N–H and O–H groups in total. The van der Waals surface area contributed by atoms with E-state index in [1.54, 1.807) is 6.82 Å². The maximum Gasteiger partial charge on any atom is 0.376 e. The molecule has 0 spiro atoms. The summed E-state index contributed by atoms with van der Waals surface area (Å²) in [7, 11) is -0.379. The summed E-state index contributed by atoms with van der Waals surface area (Å²) >= 11 is 0. The fourth-order valence-electron chi connectivity index (χ4n) is 1.81. The average Bonchev–Trinajstić information content (AvgIpc) is 2.05. The molecule has 4 heteroatoms. The zero-order valence-electron chi connectivity index (χ0n) is 7.95. The number of aliphatic hydroxyl groups is 1. The molecule has 12 heavy (non-hydrogen) atoms. The van der Waals surface area contributed by atoms with Crippen LogP contribution in [0.5, 0.6) is 0 Å². The van der Waals surface area contributed by atoms with Gasteiger partial charge < -0.3 is 14.9 Å². The van der Waals surface area contributed by atoms with Crippen LogP contribution in [0.3, 0.4) is 0 Å². The fraction of sp³-hybridized carbons (Fsp3) is 1.00. The van der Waals surface area contributed by atoms with Gasteiger partial charge in [0.25, 0.3) is 0 Å². The Kier molecular flexibility index (Phi) is 3.15. The second-order valence-corrected chi connectivity index (χ2v) is 4.17. The zero-order valence-corrected chi connectivity index (χ0v) is 7.95. The number of hydrogen-bond acceptors (Lipinski definition) is 3. The molecule has 1 saturated heterocycles. The van der Waals surface area contributed by atoms with Crippen LogP contribution in [-0.2, 0) is 0 Å². The Morgan fingerprint density at radius 3 is 2.75 bits per heavy atom. The third-order valence-corrected chi connectivity index (χ3v) is 2.72. The van der Waals surface area contributed by atoms with Gasteiger partial charge in [-0.1, -0.05) is 6.92 Å². The highest BCUT2D eigenvalue weighted by Gasteiger charge is 2.32. The second kappa shape index (κ2) is 3.77. The van der Waals surface area contributed by atoms with Crippen LogP contribution in [0.2, 0.25) is 6.82 Å². The largest absolute Gasteiger partial charge is 0.437 e. The van der Waals surface area contributed by atoms with Crippen molar-refractivity contribution in [3.8, 4) is 0 Å². The predicted molar refractivity (Wildman–Crippen MR) is 49.8 cm³/mol. The Labute approximate surface area is 74.5 Å². The zero-order chi connectivity index (χ0) is 9.19. The van der Waals surface area contributed by atoms with E-state index in [2.05, 4.69) is 6.92 Å². The molecule has 1 fully saturated rings. The second-order valence-electron chi connectivity index (χ2n) is 4.17. The van der Waals surface area contributed by atoms with Gasteiger partial charge in [0.05, 0.1) is 0 Å². The maximum atomic E-state index is 9.35. The lowest BCUT2D eigenvalue weighted by atomic mass is 9.75. The summed E-state index contributed by atoms with van der Waals surface area (Å²) < 4.78 is 0. The number of piperidine rings is 1. The normalized spacial score (nSPS) is 32.0. The molecule has 1 unspecified atom stereocenters. The van der Waals surface area contributed by atoms with Crippen LogP contribution >= 0.6 is 0 Å². The molecule has 0 bridgehead atoms. The molecular formula is C8H18BNO2. The molecule has 0 saturated carbocycles. The summed E-state index contributed by atoms with van der Waals surface area (Å²) in [5, 5.41) is 18.5. The van der Waals surface area contributed by atoms with Gasteiger partial charge in [-0.3, -0.25) is 0 Å². The molecule has 0 aromatic rings. The first-order chi connectivity index (χ1) is 5.57. The topological polar surface area (TPSA) is 43.7 Å². The van der Waals surface area contributed by atoms with Crippen molar-refractivity contribution in [3.63, 3.8) is 0 Å². The number of hydrogen-bond donors (Lipinski definition) is 2. The molecule has 1 rings (SSSR count). The van der Waals surface area contributed by atoms with Crippen LogP contribution < -0.4 is 0 Å². The molecule has 1 aliphatic heterocycles. The van der Waals surface area contributed by atoms with Crippen LogP contribution in [0.4, 0.5) is 0 Å². The van der Waals surface area contributed by atoms with Crippen LogP contribution in [-0.4, -0.2) is 41.7 Å². The molecule has 0 radical (unpaired) electrons. The van der Waals surface area contributed by atoms with Crippen LogP contribution in [0.25, 0.3) is 0 Å². The van der Waals surface area contributed by atoms with E-state index in [9.17, 15) is 5.02 Å². The molecule has 0 aromatic carbocycles. The van der Waals surface area contributed by atoms with Gasteiger partial charge in [-0.2, -0.15) is 0 Å². The van der Waals surface area contributed by atoms with E-state index < -0.39 is 0 Å². The van der Waals surface area contributed by atoms with Crippen molar-refractivity contribution in [1.82, 2.24) is 4.81 Å². The van der Waals surface area contributed by atoms with Gasteiger partial charge in [-0.05, 0) is 32.8 Å². The Morgan fingerprint density at radius 1 is 1.58 bits per heavy atom. The lowest BCUT2D eigenvalue weighted by Gasteiger charge is -2.39. The van der Waals surface area contributed by atoms with E-state index in [4.69, 9.17) is 5.11 Å². The first-order valence-electron chi connectivity index (χ1n) is 4.60. The highest BCUT2D eigenvalue weighted by Crippen LogP contribution is 2.28. The number of nitrogens with zero attached hydrogens (tertiary/aromatic N) is 1. The van der Waals surface area contributed by atoms with E-state index >= 15 is 0 Å². The molecule has 70 valence electrons. The van der Waals surface area contributed by atoms with Crippen molar-refractivity contribution in [2.24, 2.45) is 5.41 Å². The van der Waals surface area contributed by atoms with Gasteiger partial charge in [-0.15, -0.1) is 0 Å². The summed E-state index contributed by atoms with van der Waals surface area (Å²) in [5.41, 5.74) is -0.00472. The molecule has 1 aliphatic rings. The first kappa shape index (κ1) is 10.0. The smallest absolute Gasteiger partial charge is 0.376 e. The van der Waals surface area contributed by atoms with Crippen molar-refractivity contribution in [3.05, 3.63) is 0 Å². The van der Waals surface area contributed by atoms with Crippen molar-refractivity contribution < 1.29 is 10.1 Å². The van der Waals surface area contributed by atoms with Gasteiger partial charge in [0.2, 0.25) is 0 Å². The van der Waals surface area contributed by atoms with Crippen LogP contribution in [0.1, 0.15) is 19.8 Å². The molecule has 1 heterocycles. The molecule has 1 atom stereocenters. The summed E-state index contributed by atoms with van der Waals surface area (Å²) in [4.78, 5) is 2.01. The first-order valence-corrected chi connectivity index (χ1v) is 4.60. The standard InChI is InChI=1S/C8H18BNO2/c1-8(7-11)4-3-5-10(6-8)9(2)12/h11-12H,3-7H2,1-2H3. The van der Waals surface area contributed by atoms with Crippen LogP contribution in [0, 0.1) is 5.41 Å². The Bertz CT molecular complexity index is 154. The van der Waals surface area contributed by atoms with Gasteiger partial charge >= 0.3 is 7.05 Å². The van der Waals surface area contributed by atoms with Gasteiger partial charge in [0, 0.05) is 12.0 Å². The third-order valence-electron chi connectivity index (χ3n) is 2.72. The monoisotopic (exact) mass is 171 g/mol. The quantitative estimate of drug-likeness (QED) is 0.583. The van der Waals surface area contributed by atoms with Crippen molar-refractivity contribution in [2.45, 2.75) is 26.6 Å². The lowest BCUT2D eigenvalue weighted by Crippen LogP contribution is -2.49. The van der Waals surface area contributed by atoms with Crippen LogP contribution in [0.15, 0.2) is 0 Å². The average molecular weight is 171 g/mol. The minimum absolute atomic E-state index is 0.00472. The Balaban J connectivity index is 2.51. The van der Waals surface area contributed by atoms with Gasteiger partial charge in [0.1, 0.15) is 0 Å². The van der Waals surface area contributed by atoms with E-state index in [1.165, 1.54) is 0 Å².